The Morgan fingerprint density at radius 1 is 1.04 bits per heavy atom. The summed E-state index contributed by atoms with van der Waals surface area (Å²) in [6.45, 7) is 7.92. The van der Waals surface area contributed by atoms with E-state index in [4.69, 9.17) is 0 Å². The van der Waals surface area contributed by atoms with Crippen LogP contribution in [0, 0.1) is 0 Å². The minimum Gasteiger partial charge on any atom is -0.356 e. The molecule has 0 fully saturated rings. The summed E-state index contributed by atoms with van der Waals surface area (Å²) in [5, 5.41) is 5.51. The van der Waals surface area contributed by atoms with Crippen molar-refractivity contribution in [1.29, 1.82) is 0 Å². The summed E-state index contributed by atoms with van der Waals surface area (Å²) < 4.78 is 0. The SMILES string of the molecule is CN(C)CCCNC(=O)CC(=O)Nc1ccc(C(C)(C)C)cc1. The van der Waals surface area contributed by atoms with Gasteiger partial charge < -0.3 is 15.5 Å². The van der Waals surface area contributed by atoms with Crippen LogP contribution in [-0.2, 0) is 15.0 Å². The lowest BCUT2D eigenvalue weighted by atomic mass is 9.87. The molecule has 0 saturated heterocycles. The van der Waals surface area contributed by atoms with Gasteiger partial charge in [0.15, 0.2) is 0 Å². The fourth-order valence-corrected chi connectivity index (χ4v) is 2.09. The van der Waals surface area contributed by atoms with Crippen molar-refractivity contribution in [2.45, 2.75) is 39.0 Å². The van der Waals surface area contributed by atoms with Gasteiger partial charge in [0, 0.05) is 12.2 Å². The minimum atomic E-state index is -0.293. The van der Waals surface area contributed by atoms with Crippen molar-refractivity contribution >= 4 is 17.5 Å². The summed E-state index contributed by atoms with van der Waals surface area (Å²) in [5.41, 5.74) is 1.99. The molecule has 1 rings (SSSR count). The van der Waals surface area contributed by atoms with E-state index >= 15 is 0 Å². The third kappa shape index (κ3) is 7.79. The summed E-state index contributed by atoms with van der Waals surface area (Å²) in [7, 11) is 3.97. The molecule has 0 saturated carbocycles. The molecule has 2 N–H and O–H groups in total. The van der Waals surface area contributed by atoms with Crippen molar-refractivity contribution in [3.63, 3.8) is 0 Å². The molecule has 0 spiro atoms. The quantitative estimate of drug-likeness (QED) is 0.599. The van der Waals surface area contributed by atoms with Crippen LogP contribution in [0.25, 0.3) is 0 Å². The summed E-state index contributed by atoms with van der Waals surface area (Å²) in [4.78, 5) is 25.6. The molecule has 0 atom stereocenters. The number of rotatable bonds is 7. The van der Waals surface area contributed by atoms with Gasteiger partial charge in [-0.2, -0.15) is 0 Å². The number of hydrogen-bond donors (Lipinski definition) is 2. The molecule has 0 unspecified atom stereocenters. The fraction of sp³-hybridized carbons (Fsp3) is 0.556. The van der Waals surface area contributed by atoms with E-state index in [2.05, 4.69) is 36.3 Å². The molecule has 0 aliphatic rings. The van der Waals surface area contributed by atoms with E-state index in [1.165, 1.54) is 5.56 Å². The first kappa shape index (κ1) is 19.2. The molecule has 0 aliphatic carbocycles. The third-order valence-electron chi connectivity index (χ3n) is 3.46. The molecule has 0 aliphatic heterocycles. The van der Waals surface area contributed by atoms with Gasteiger partial charge in [-0.15, -0.1) is 0 Å². The maximum Gasteiger partial charge on any atom is 0.233 e. The topological polar surface area (TPSA) is 61.4 Å². The summed E-state index contributed by atoms with van der Waals surface area (Å²) in [6.07, 6.45) is 0.720. The number of amides is 2. The van der Waals surface area contributed by atoms with E-state index in [0.717, 1.165) is 13.0 Å². The Hall–Kier alpha value is -1.88. The highest BCUT2D eigenvalue weighted by Crippen LogP contribution is 2.23. The van der Waals surface area contributed by atoms with Gasteiger partial charge in [-0.05, 0) is 50.2 Å². The molecule has 0 bridgehead atoms. The Morgan fingerprint density at radius 2 is 1.65 bits per heavy atom. The van der Waals surface area contributed by atoms with Crippen LogP contribution < -0.4 is 10.6 Å². The number of nitrogens with one attached hydrogen (secondary N) is 2. The third-order valence-corrected chi connectivity index (χ3v) is 3.46. The predicted molar refractivity (Wildman–Crippen MR) is 94.6 cm³/mol. The Kier molecular flexibility index (Phi) is 7.23. The number of benzene rings is 1. The second kappa shape index (κ2) is 8.67. The lowest BCUT2D eigenvalue weighted by molar-refractivity contribution is -0.126. The van der Waals surface area contributed by atoms with Gasteiger partial charge in [-0.1, -0.05) is 32.9 Å². The van der Waals surface area contributed by atoms with Crippen LogP contribution in [-0.4, -0.2) is 43.9 Å². The van der Waals surface area contributed by atoms with E-state index in [1.807, 2.05) is 38.4 Å². The molecular weight excluding hydrogens is 290 g/mol. The van der Waals surface area contributed by atoms with Gasteiger partial charge in [-0.25, -0.2) is 0 Å². The molecule has 128 valence electrons. The number of nitrogens with zero attached hydrogens (tertiary/aromatic N) is 1. The van der Waals surface area contributed by atoms with E-state index < -0.39 is 0 Å². The number of anilines is 1. The first-order valence-electron chi connectivity index (χ1n) is 8.00. The standard InChI is InChI=1S/C18H29N3O2/c1-18(2,3)14-7-9-15(10-8-14)20-17(23)13-16(22)19-11-6-12-21(4)5/h7-10H,6,11-13H2,1-5H3,(H,19,22)(H,20,23). The largest absolute Gasteiger partial charge is 0.356 e. The first-order chi connectivity index (χ1) is 10.7. The molecule has 5 heteroatoms. The highest BCUT2D eigenvalue weighted by atomic mass is 16.2. The van der Waals surface area contributed by atoms with Gasteiger partial charge in [0.05, 0.1) is 0 Å². The van der Waals surface area contributed by atoms with E-state index in [1.54, 1.807) is 0 Å². The lowest BCUT2D eigenvalue weighted by Crippen LogP contribution is -2.30. The van der Waals surface area contributed by atoms with Gasteiger partial charge in [-0.3, -0.25) is 9.59 Å². The zero-order valence-corrected chi connectivity index (χ0v) is 14.9. The maximum atomic E-state index is 11.9. The van der Waals surface area contributed by atoms with Gasteiger partial charge in [0.2, 0.25) is 11.8 Å². The van der Waals surface area contributed by atoms with E-state index in [-0.39, 0.29) is 23.7 Å². The van der Waals surface area contributed by atoms with Crippen LogP contribution in [0.2, 0.25) is 0 Å². The smallest absolute Gasteiger partial charge is 0.233 e. The monoisotopic (exact) mass is 319 g/mol. The van der Waals surface area contributed by atoms with E-state index in [0.29, 0.717) is 12.2 Å². The highest BCUT2D eigenvalue weighted by Gasteiger charge is 2.14. The van der Waals surface area contributed by atoms with Crippen LogP contribution in [0.15, 0.2) is 24.3 Å². The second-order valence-electron chi connectivity index (χ2n) is 7.06. The number of hydrogen-bond acceptors (Lipinski definition) is 3. The Balaban J connectivity index is 2.37. The summed E-state index contributed by atoms with van der Waals surface area (Å²) in [5.74, 6) is -0.536. The first-order valence-corrected chi connectivity index (χ1v) is 8.00. The Labute approximate surface area is 139 Å². The second-order valence-corrected chi connectivity index (χ2v) is 7.06. The van der Waals surface area contributed by atoms with Crippen molar-refractivity contribution in [3.05, 3.63) is 29.8 Å². The van der Waals surface area contributed by atoms with Crippen molar-refractivity contribution in [3.8, 4) is 0 Å². The molecule has 2 amide bonds. The number of carbonyl (C=O) groups excluding carboxylic acids is 2. The normalized spacial score (nSPS) is 11.4. The van der Waals surface area contributed by atoms with Crippen LogP contribution in [0.1, 0.15) is 39.2 Å². The van der Waals surface area contributed by atoms with Crippen LogP contribution in [0.5, 0.6) is 0 Å². The maximum absolute atomic E-state index is 11.9. The van der Waals surface area contributed by atoms with Crippen LogP contribution >= 0.6 is 0 Å². The summed E-state index contributed by atoms with van der Waals surface area (Å²) in [6, 6.07) is 7.73. The predicted octanol–water partition coefficient (Wildman–Crippen LogP) is 2.38. The van der Waals surface area contributed by atoms with Gasteiger partial charge in [0.25, 0.3) is 0 Å². The lowest BCUT2D eigenvalue weighted by Gasteiger charge is -2.19. The van der Waals surface area contributed by atoms with Gasteiger partial charge in [0.1, 0.15) is 6.42 Å². The highest BCUT2D eigenvalue weighted by molar-refractivity contribution is 6.03. The zero-order chi connectivity index (χ0) is 17.5. The fourth-order valence-electron chi connectivity index (χ4n) is 2.09. The van der Waals surface area contributed by atoms with Crippen molar-refractivity contribution in [2.75, 3.05) is 32.5 Å². The minimum absolute atomic E-state index is 0.0784. The Morgan fingerprint density at radius 3 is 2.17 bits per heavy atom. The summed E-state index contributed by atoms with van der Waals surface area (Å²) >= 11 is 0. The van der Waals surface area contributed by atoms with Crippen molar-refractivity contribution in [2.24, 2.45) is 0 Å². The Bertz CT molecular complexity index is 516. The zero-order valence-electron chi connectivity index (χ0n) is 14.9. The molecular formula is C18H29N3O2. The average molecular weight is 319 g/mol. The van der Waals surface area contributed by atoms with Crippen molar-refractivity contribution in [1.82, 2.24) is 10.2 Å². The number of carbonyl (C=O) groups is 2. The van der Waals surface area contributed by atoms with E-state index in [9.17, 15) is 9.59 Å². The molecule has 0 aromatic heterocycles. The van der Waals surface area contributed by atoms with Crippen molar-refractivity contribution < 1.29 is 9.59 Å². The molecule has 0 heterocycles. The van der Waals surface area contributed by atoms with Crippen LogP contribution in [0.3, 0.4) is 0 Å². The molecule has 1 aromatic carbocycles. The average Bonchev–Trinajstić information content (AvgIpc) is 2.43. The molecule has 0 radical (unpaired) electrons. The molecule has 1 aromatic rings. The molecule has 23 heavy (non-hydrogen) atoms. The molecule has 5 nitrogen and oxygen atoms in total. The van der Waals surface area contributed by atoms with Gasteiger partial charge >= 0.3 is 0 Å². The van der Waals surface area contributed by atoms with Crippen LogP contribution in [0.4, 0.5) is 5.69 Å².